The normalized spacial score (nSPS) is 23.0. The summed E-state index contributed by atoms with van der Waals surface area (Å²) in [6.45, 7) is 2.34. The summed E-state index contributed by atoms with van der Waals surface area (Å²) in [5.41, 5.74) is 1.91. The minimum Gasteiger partial charge on any atom is -0.377 e. The van der Waals surface area contributed by atoms with E-state index in [1.165, 1.54) is 18.4 Å². The fourth-order valence-corrected chi connectivity index (χ4v) is 3.67. The molecule has 2 atom stereocenters. The number of benzene rings is 1. The van der Waals surface area contributed by atoms with Gasteiger partial charge in [-0.1, -0.05) is 30.3 Å². The molecular weight excluding hydrogens is 326 g/mol. The van der Waals surface area contributed by atoms with E-state index < -0.39 is 0 Å². The molecule has 1 aliphatic heterocycles. The van der Waals surface area contributed by atoms with Crippen molar-refractivity contribution in [3.63, 3.8) is 0 Å². The SMILES string of the molecule is O=C(c1ccnnc1)N1CC[C@@H](OCC2CC2)[C@H](Cc2ccccc2)C1. The molecule has 0 unspecified atom stereocenters. The quantitative estimate of drug-likeness (QED) is 0.803. The lowest BCUT2D eigenvalue weighted by Crippen LogP contribution is -2.47. The molecule has 2 aromatic rings. The molecule has 1 saturated carbocycles. The molecule has 1 aromatic heterocycles. The van der Waals surface area contributed by atoms with Crippen LogP contribution in [0.4, 0.5) is 0 Å². The highest BCUT2D eigenvalue weighted by Crippen LogP contribution is 2.32. The Balaban J connectivity index is 1.45. The second-order valence-corrected chi connectivity index (χ2v) is 7.44. The second kappa shape index (κ2) is 7.96. The van der Waals surface area contributed by atoms with Gasteiger partial charge in [0.05, 0.1) is 24.1 Å². The maximum absolute atomic E-state index is 12.8. The number of carbonyl (C=O) groups is 1. The zero-order chi connectivity index (χ0) is 17.8. The number of hydrogen-bond donors (Lipinski definition) is 0. The number of hydrogen-bond acceptors (Lipinski definition) is 4. The molecule has 136 valence electrons. The first-order valence-electron chi connectivity index (χ1n) is 9.51. The van der Waals surface area contributed by atoms with Gasteiger partial charge in [0.15, 0.2) is 0 Å². The van der Waals surface area contributed by atoms with Crippen LogP contribution in [0.1, 0.15) is 35.2 Å². The zero-order valence-corrected chi connectivity index (χ0v) is 15.0. The summed E-state index contributed by atoms with van der Waals surface area (Å²) < 4.78 is 6.27. The molecule has 26 heavy (non-hydrogen) atoms. The Morgan fingerprint density at radius 3 is 2.69 bits per heavy atom. The molecule has 2 heterocycles. The van der Waals surface area contributed by atoms with Crippen LogP contribution in [0.2, 0.25) is 0 Å². The molecule has 1 saturated heterocycles. The number of piperidine rings is 1. The van der Waals surface area contributed by atoms with Crippen LogP contribution in [0.3, 0.4) is 0 Å². The molecule has 1 aliphatic carbocycles. The largest absolute Gasteiger partial charge is 0.377 e. The number of likely N-dealkylation sites (tertiary alicyclic amines) is 1. The van der Waals surface area contributed by atoms with Crippen LogP contribution >= 0.6 is 0 Å². The van der Waals surface area contributed by atoms with Gasteiger partial charge in [-0.3, -0.25) is 4.79 Å². The van der Waals surface area contributed by atoms with Crippen LogP contribution < -0.4 is 0 Å². The summed E-state index contributed by atoms with van der Waals surface area (Å²) in [5, 5.41) is 7.60. The molecule has 4 rings (SSSR count). The van der Waals surface area contributed by atoms with Crippen molar-refractivity contribution in [1.29, 1.82) is 0 Å². The van der Waals surface area contributed by atoms with Gasteiger partial charge in [-0.15, -0.1) is 0 Å². The van der Waals surface area contributed by atoms with Gasteiger partial charge >= 0.3 is 0 Å². The molecule has 2 aliphatic rings. The van der Waals surface area contributed by atoms with Crippen LogP contribution in [0.5, 0.6) is 0 Å². The zero-order valence-electron chi connectivity index (χ0n) is 15.0. The van der Waals surface area contributed by atoms with E-state index in [1.807, 2.05) is 11.0 Å². The molecule has 0 radical (unpaired) electrons. The van der Waals surface area contributed by atoms with Gasteiger partial charge in [-0.25, -0.2) is 0 Å². The van der Waals surface area contributed by atoms with Crippen molar-refractivity contribution in [1.82, 2.24) is 15.1 Å². The van der Waals surface area contributed by atoms with E-state index in [0.717, 1.165) is 38.5 Å². The van der Waals surface area contributed by atoms with Gasteiger partial charge in [0.25, 0.3) is 5.91 Å². The second-order valence-electron chi connectivity index (χ2n) is 7.44. The third kappa shape index (κ3) is 4.28. The Morgan fingerprint density at radius 2 is 1.96 bits per heavy atom. The minimum atomic E-state index is 0.0404. The predicted octanol–water partition coefficient (Wildman–Crippen LogP) is 2.98. The van der Waals surface area contributed by atoms with Gasteiger partial charge in [0.2, 0.25) is 0 Å². The highest BCUT2D eigenvalue weighted by atomic mass is 16.5. The fraction of sp³-hybridized carbons (Fsp3) is 0.476. The van der Waals surface area contributed by atoms with E-state index in [2.05, 4.69) is 34.5 Å². The molecule has 5 nitrogen and oxygen atoms in total. The van der Waals surface area contributed by atoms with Crippen molar-refractivity contribution >= 4 is 5.91 Å². The predicted molar refractivity (Wildman–Crippen MR) is 98.7 cm³/mol. The van der Waals surface area contributed by atoms with E-state index in [0.29, 0.717) is 11.5 Å². The van der Waals surface area contributed by atoms with Crippen molar-refractivity contribution in [2.45, 2.75) is 31.8 Å². The maximum atomic E-state index is 12.8. The highest BCUT2D eigenvalue weighted by Gasteiger charge is 2.34. The topological polar surface area (TPSA) is 55.3 Å². The summed E-state index contributed by atoms with van der Waals surface area (Å²) in [6.07, 6.45) is 7.79. The van der Waals surface area contributed by atoms with Crippen LogP contribution in [0.25, 0.3) is 0 Å². The summed E-state index contributed by atoms with van der Waals surface area (Å²) in [6, 6.07) is 12.2. The van der Waals surface area contributed by atoms with Crippen molar-refractivity contribution in [2.24, 2.45) is 11.8 Å². The first kappa shape index (κ1) is 17.2. The Kier molecular flexibility index (Phi) is 5.25. The number of ether oxygens (including phenoxy) is 1. The maximum Gasteiger partial charge on any atom is 0.255 e. The van der Waals surface area contributed by atoms with Crippen LogP contribution in [-0.2, 0) is 11.2 Å². The molecular formula is C21H25N3O2. The Labute approximate surface area is 154 Å². The van der Waals surface area contributed by atoms with Gasteiger partial charge in [-0.2, -0.15) is 10.2 Å². The van der Waals surface area contributed by atoms with E-state index in [-0.39, 0.29) is 12.0 Å². The highest BCUT2D eigenvalue weighted by molar-refractivity contribution is 5.93. The van der Waals surface area contributed by atoms with Crippen molar-refractivity contribution in [3.8, 4) is 0 Å². The van der Waals surface area contributed by atoms with Crippen LogP contribution in [-0.4, -0.2) is 46.8 Å². The lowest BCUT2D eigenvalue weighted by molar-refractivity contribution is -0.0326. The monoisotopic (exact) mass is 351 g/mol. The van der Waals surface area contributed by atoms with E-state index in [1.54, 1.807) is 18.5 Å². The third-order valence-corrected chi connectivity index (χ3v) is 5.37. The van der Waals surface area contributed by atoms with E-state index in [9.17, 15) is 4.79 Å². The number of carbonyl (C=O) groups excluding carboxylic acids is 1. The number of nitrogens with zero attached hydrogens (tertiary/aromatic N) is 3. The van der Waals surface area contributed by atoms with Gasteiger partial charge in [0.1, 0.15) is 0 Å². The smallest absolute Gasteiger partial charge is 0.255 e. The lowest BCUT2D eigenvalue weighted by Gasteiger charge is -2.38. The van der Waals surface area contributed by atoms with Crippen molar-refractivity contribution < 1.29 is 9.53 Å². The number of aromatic nitrogens is 2. The molecule has 0 bridgehead atoms. The lowest BCUT2D eigenvalue weighted by atomic mass is 9.88. The summed E-state index contributed by atoms with van der Waals surface area (Å²) in [7, 11) is 0. The van der Waals surface area contributed by atoms with Crippen molar-refractivity contribution in [3.05, 3.63) is 59.9 Å². The number of rotatable bonds is 6. The Morgan fingerprint density at radius 1 is 1.12 bits per heavy atom. The average molecular weight is 351 g/mol. The molecule has 1 amide bonds. The van der Waals surface area contributed by atoms with E-state index >= 15 is 0 Å². The average Bonchev–Trinajstić information content (AvgIpc) is 3.52. The van der Waals surface area contributed by atoms with Gasteiger partial charge in [0, 0.05) is 25.6 Å². The minimum absolute atomic E-state index is 0.0404. The molecule has 5 heteroatoms. The summed E-state index contributed by atoms with van der Waals surface area (Å²) in [5.74, 6) is 1.12. The Hall–Kier alpha value is -2.27. The van der Waals surface area contributed by atoms with Crippen LogP contribution in [0.15, 0.2) is 48.8 Å². The third-order valence-electron chi connectivity index (χ3n) is 5.37. The van der Waals surface area contributed by atoms with Gasteiger partial charge in [-0.05, 0) is 43.2 Å². The standard InChI is InChI=1S/C21H25N3O2/c25-21(18-8-10-22-23-13-18)24-11-9-20(26-15-17-6-7-17)19(14-24)12-16-4-2-1-3-5-16/h1-5,8,10,13,17,19-20H,6-7,9,11-12,14-15H2/t19-,20-/m1/s1. The molecule has 0 N–H and O–H groups in total. The molecule has 2 fully saturated rings. The first-order valence-corrected chi connectivity index (χ1v) is 9.51. The first-order chi connectivity index (χ1) is 12.8. The van der Waals surface area contributed by atoms with Crippen molar-refractivity contribution in [2.75, 3.05) is 19.7 Å². The Bertz CT molecular complexity index is 719. The summed E-state index contributed by atoms with van der Waals surface area (Å²) in [4.78, 5) is 14.7. The molecule has 0 spiro atoms. The van der Waals surface area contributed by atoms with Crippen LogP contribution in [0, 0.1) is 11.8 Å². The summed E-state index contributed by atoms with van der Waals surface area (Å²) >= 11 is 0. The molecule has 1 aromatic carbocycles. The fourth-order valence-electron chi connectivity index (χ4n) is 3.67. The number of amides is 1. The van der Waals surface area contributed by atoms with Gasteiger partial charge < -0.3 is 9.64 Å². The van der Waals surface area contributed by atoms with E-state index in [4.69, 9.17) is 4.74 Å².